The average molecular weight is 508 g/mol. The quantitative estimate of drug-likeness (QED) is 0.353. The number of aromatic amines is 1. The van der Waals surface area contributed by atoms with Crippen molar-refractivity contribution in [3.63, 3.8) is 0 Å². The largest absolute Gasteiger partial charge is 0.573 e. The molecule has 0 amide bonds. The van der Waals surface area contributed by atoms with Gasteiger partial charge in [0.05, 0.1) is 31.7 Å². The van der Waals surface area contributed by atoms with Gasteiger partial charge in [0.15, 0.2) is 0 Å². The van der Waals surface area contributed by atoms with Crippen LogP contribution in [0, 0.1) is 5.41 Å². The number of anilines is 2. The summed E-state index contributed by atoms with van der Waals surface area (Å²) in [7, 11) is 2.79. The number of H-pyrrole nitrogens is 1. The number of carbonyl (C=O) groups excluding carboxylic acids is 1. The molecule has 0 radical (unpaired) electrons. The number of hydrogen-bond donors (Lipinski definition) is 2. The number of alkyl halides is 3. The first-order valence-electron chi connectivity index (χ1n) is 11.7. The third-order valence-corrected chi connectivity index (χ3v) is 6.00. The highest BCUT2D eigenvalue weighted by molar-refractivity contribution is 5.83. The molecule has 0 aliphatic heterocycles. The minimum absolute atomic E-state index is 0.0397. The summed E-state index contributed by atoms with van der Waals surface area (Å²) in [6.45, 7) is 4.76. The topological polar surface area (TPSA) is 85.5 Å². The summed E-state index contributed by atoms with van der Waals surface area (Å²) >= 11 is 0. The summed E-state index contributed by atoms with van der Waals surface area (Å²) < 4.78 is 50.4. The zero-order valence-electron chi connectivity index (χ0n) is 20.9. The number of imidazole rings is 1. The number of esters is 1. The summed E-state index contributed by atoms with van der Waals surface area (Å²) in [5, 5.41) is 2.96. The third kappa shape index (κ3) is 8.07. The standard InChI is InChI=1S/C18H16F3N3O4.C8H16/c1-26-15-9-14-13(7-10(15)8-16(25)27-2)23-17(24-14)22-11-3-5-12(6-4-11)28-18(19,20)21;1-8(2)6-4-3-5-7-8/h3-7,9H,8H2,1-2H3,(H2,22,23,24);3-7H2,1-2H3. The first-order valence-corrected chi connectivity index (χ1v) is 11.7. The Labute approximate surface area is 208 Å². The van der Waals surface area contributed by atoms with Gasteiger partial charge in [0, 0.05) is 17.3 Å². The van der Waals surface area contributed by atoms with Crippen molar-refractivity contribution in [2.45, 2.75) is 58.7 Å². The van der Waals surface area contributed by atoms with Crippen LogP contribution in [-0.4, -0.2) is 36.5 Å². The lowest BCUT2D eigenvalue weighted by Gasteiger charge is -2.28. The zero-order chi connectivity index (χ0) is 26.3. The SMILES string of the molecule is CC1(C)CCCCC1.COC(=O)Cc1cc2[nH]c(Nc3ccc(OC(F)(F)F)cc3)nc2cc1OC. The normalized spacial score (nSPS) is 15.0. The Bertz CT molecular complexity index is 1150. The van der Waals surface area contributed by atoms with Gasteiger partial charge in [-0.2, -0.15) is 0 Å². The van der Waals surface area contributed by atoms with Gasteiger partial charge in [0.1, 0.15) is 11.5 Å². The molecule has 1 aliphatic carbocycles. The second-order valence-corrected chi connectivity index (χ2v) is 9.44. The van der Waals surface area contributed by atoms with E-state index in [-0.39, 0.29) is 12.2 Å². The summed E-state index contributed by atoms with van der Waals surface area (Å²) in [5.74, 6) is 0.137. The van der Waals surface area contributed by atoms with Gasteiger partial charge in [-0.15, -0.1) is 13.2 Å². The number of nitrogens with zero attached hydrogens (tertiary/aromatic N) is 1. The maximum atomic E-state index is 12.2. The molecule has 0 bridgehead atoms. The minimum atomic E-state index is -4.74. The van der Waals surface area contributed by atoms with Crippen molar-refractivity contribution < 1.29 is 32.2 Å². The lowest BCUT2D eigenvalue weighted by atomic mass is 9.78. The Kier molecular flexibility index (Phi) is 8.70. The highest BCUT2D eigenvalue weighted by atomic mass is 19.4. The van der Waals surface area contributed by atoms with Crippen molar-refractivity contribution in [1.29, 1.82) is 0 Å². The van der Waals surface area contributed by atoms with Crippen molar-refractivity contribution in [1.82, 2.24) is 9.97 Å². The first kappa shape index (κ1) is 27.2. The fraction of sp³-hybridized carbons (Fsp3) is 0.462. The molecule has 0 atom stereocenters. The second kappa shape index (κ2) is 11.5. The Morgan fingerprint density at radius 2 is 1.75 bits per heavy atom. The van der Waals surface area contributed by atoms with Gasteiger partial charge >= 0.3 is 12.3 Å². The smallest absolute Gasteiger partial charge is 0.496 e. The lowest BCUT2D eigenvalue weighted by molar-refractivity contribution is -0.274. The number of carbonyl (C=O) groups is 1. The van der Waals surface area contributed by atoms with Gasteiger partial charge in [-0.05, 0) is 48.6 Å². The number of rotatable bonds is 6. The van der Waals surface area contributed by atoms with Crippen molar-refractivity contribution in [2.75, 3.05) is 19.5 Å². The van der Waals surface area contributed by atoms with Gasteiger partial charge in [-0.3, -0.25) is 4.79 Å². The Hall–Kier alpha value is -3.43. The Morgan fingerprint density at radius 3 is 2.28 bits per heavy atom. The Balaban J connectivity index is 0.000000383. The van der Waals surface area contributed by atoms with Crippen LogP contribution in [0.15, 0.2) is 36.4 Å². The summed E-state index contributed by atoms with van der Waals surface area (Å²) in [6.07, 6.45) is 2.61. The monoisotopic (exact) mass is 507 g/mol. The van der Waals surface area contributed by atoms with E-state index >= 15 is 0 Å². The molecule has 4 rings (SSSR count). The molecule has 1 saturated carbocycles. The predicted molar refractivity (Wildman–Crippen MR) is 132 cm³/mol. The molecule has 2 aromatic carbocycles. The molecule has 1 heterocycles. The molecule has 2 N–H and O–H groups in total. The summed E-state index contributed by atoms with van der Waals surface area (Å²) in [6, 6.07) is 8.64. The molecule has 1 aliphatic rings. The van der Waals surface area contributed by atoms with Crippen molar-refractivity contribution >= 4 is 28.6 Å². The number of aromatic nitrogens is 2. The zero-order valence-corrected chi connectivity index (χ0v) is 20.9. The van der Waals surface area contributed by atoms with Crippen LogP contribution < -0.4 is 14.8 Å². The fourth-order valence-electron chi connectivity index (χ4n) is 4.08. The van der Waals surface area contributed by atoms with Crippen LogP contribution >= 0.6 is 0 Å². The minimum Gasteiger partial charge on any atom is -0.496 e. The van der Waals surface area contributed by atoms with Crippen LogP contribution in [0.2, 0.25) is 0 Å². The highest BCUT2D eigenvalue weighted by Crippen LogP contribution is 2.34. The maximum Gasteiger partial charge on any atom is 0.573 e. The van der Waals surface area contributed by atoms with E-state index in [2.05, 4.69) is 38.6 Å². The number of ether oxygens (including phenoxy) is 3. The number of halogens is 3. The summed E-state index contributed by atoms with van der Waals surface area (Å²) in [4.78, 5) is 19.0. The molecule has 10 heteroatoms. The van der Waals surface area contributed by atoms with Crippen LogP contribution in [0.3, 0.4) is 0 Å². The van der Waals surface area contributed by atoms with Gasteiger partial charge in [-0.1, -0.05) is 33.1 Å². The van der Waals surface area contributed by atoms with E-state index in [1.807, 2.05) is 0 Å². The fourth-order valence-corrected chi connectivity index (χ4v) is 4.08. The van der Waals surface area contributed by atoms with E-state index < -0.39 is 12.3 Å². The highest BCUT2D eigenvalue weighted by Gasteiger charge is 2.31. The molecule has 0 spiro atoms. The van der Waals surface area contributed by atoms with Gasteiger partial charge < -0.3 is 24.5 Å². The van der Waals surface area contributed by atoms with Crippen LogP contribution in [0.1, 0.15) is 51.5 Å². The third-order valence-electron chi connectivity index (χ3n) is 6.00. The lowest BCUT2D eigenvalue weighted by Crippen LogP contribution is -2.16. The molecule has 0 saturated heterocycles. The van der Waals surface area contributed by atoms with Crippen LogP contribution in [-0.2, 0) is 16.0 Å². The van der Waals surface area contributed by atoms with Gasteiger partial charge in [-0.25, -0.2) is 4.98 Å². The van der Waals surface area contributed by atoms with Crippen molar-refractivity contribution in [3.8, 4) is 11.5 Å². The van der Waals surface area contributed by atoms with E-state index in [1.165, 1.54) is 70.6 Å². The molecule has 3 aromatic rings. The molecule has 7 nitrogen and oxygen atoms in total. The van der Waals surface area contributed by atoms with Gasteiger partial charge in [0.2, 0.25) is 5.95 Å². The molecular formula is C26H32F3N3O4. The van der Waals surface area contributed by atoms with Crippen LogP contribution in [0.4, 0.5) is 24.8 Å². The molecule has 0 unspecified atom stereocenters. The number of fused-ring (bicyclic) bond motifs is 1. The Morgan fingerprint density at radius 1 is 1.08 bits per heavy atom. The van der Waals surface area contributed by atoms with Crippen molar-refractivity contribution in [3.05, 3.63) is 42.0 Å². The van der Waals surface area contributed by atoms with Gasteiger partial charge in [0.25, 0.3) is 0 Å². The number of methoxy groups -OCH3 is 2. The predicted octanol–water partition coefficient (Wildman–Crippen LogP) is 6.91. The molecule has 36 heavy (non-hydrogen) atoms. The maximum absolute atomic E-state index is 12.2. The van der Waals surface area contributed by atoms with E-state index in [9.17, 15) is 18.0 Å². The van der Waals surface area contributed by atoms with E-state index in [1.54, 1.807) is 12.1 Å². The first-order chi connectivity index (χ1) is 17.0. The molecule has 1 aromatic heterocycles. The summed E-state index contributed by atoms with van der Waals surface area (Å²) in [5.41, 5.74) is 3.06. The molecule has 1 fully saturated rings. The molecular weight excluding hydrogens is 475 g/mol. The number of benzene rings is 2. The van der Waals surface area contributed by atoms with E-state index in [0.717, 1.165) is 0 Å². The van der Waals surface area contributed by atoms with Crippen LogP contribution in [0.25, 0.3) is 11.0 Å². The second-order valence-electron chi connectivity index (χ2n) is 9.44. The average Bonchev–Trinajstić information content (AvgIpc) is 3.20. The van der Waals surface area contributed by atoms with E-state index in [0.29, 0.717) is 39.4 Å². The number of hydrogen-bond acceptors (Lipinski definition) is 6. The van der Waals surface area contributed by atoms with Crippen LogP contribution in [0.5, 0.6) is 11.5 Å². The number of nitrogens with one attached hydrogen (secondary N) is 2. The van der Waals surface area contributed by atoms with E-state index in [4.69, 9.17) is 4.74 Å². The molecule has 196 valence electrons. The van der Waals surface area contributed by atoms with Crippen molar-refractivity contribution in [2.24, 2.45) is 5.41 Å².